The van der Waals surface area contributed by atoms with Crippen LogP contribution in [0.25, 0.3) is 11.4 Å². The van der Waals surface area contributed by atoms with E-state index in [1.165, 1.54) is 19.9 Å². The number of rotatable bonds is 4. The van der Waals surface area contributed by atoms with Crippen molar-refractivity contribution in [2.24, 2.45) is 0 Å². The summed E-state index contributed by atoms with van der Waals surface area (Å²) in [6, 6.07) is 4.14. The summed E-state index contributed by atoms with van der Waals surface area (Å²) in [6.45, 7) is 3.13. The highest BCUT2D eigenvalue weighted by Gasteiger charge is 2.41. The van der Waals surface area contributed by atoms with Gasteiger partial charge in [-0.1, -0.05) is 30.1 Å². The zero-order valence-corrected chi connectivity index (χ0v) is 17.6. The van der Waals surface area contributed by atoms with Crippen LogP contribution >= 0.6 is 0 Å². The van der Waals surface area contributed by atoms with Gasteiger partial charge >= 0.3 is 12.1 Å². The molecule has 172 valence electrons. The lowest BCUT2D eigenvalue weighted by Gasteiger charge is -2.39. The number of halogens is 3. The van der Waals surface area contributed by atoms with Gasteiger partial charge in [-0.15, -0.1) is 0 Å². The van der Waals surface area contributed by atoms with Crippen molar-refractivity contribution in [1.29, 1.82) is 0 Å². The normalized spacial score (nSPS) is 21.6. The van der Waals surface area contributed by atoms with Crippen LogP contribution in [0.2, 0.25) is 0 Å². The minimum absolute atomic E-state index is 0.244. The molecule has 2 N–H and O–H groups in total. The van der Waals surface area contributed by atoms with Gasteiger partial charge in [0.1, 0.15) is 5.60 Å². The molecule has 2 atom stereocenters. The predicted molar refractivity (Wildman–Crippen MR) is 105 cm³/mol. The number of aromatic nitrogens is 2. The molecule has 0 unspecified atom stereocenters. The van der Waals surface area contributed by atoms with Crippen molar-refractivity contribution in [3.63, 3.8) is 0 Å². The average Bonchev–Trinajstić information content (AvgIpc) is 3.33. The molecule has 8 nitrogen and oxygen atoms in total. The van der Waals surface area contributed by atoms with E-state index in [2.05, 4.69) is 20.0 Å². The van der Waals surface area contributed by atoms with Crippen LogP contribution in [-0.4, -0.2) is 49.6 Å². The first-order valence-electron chi connectivity index (χ1n) is 10.3. The number of carbonyl (C=O) groups is 2. The van der Waals surface area contributed by atoms with E-state index < -0.39 is 23.6 Å². The Morgan fingerprint density at radius 1 is 1.25 bits per heavy atom. The molecular weight excluding hydrogens is 429 g/mol. The van der Waals surface area contributed by atoms with E-state index in [-0.39, 0.29) is 29.4 Å². The minimum Gasteiger partial charge on any atom is -0.381 e. The summed E-state index contributed by atoms with van der Waals surface area (Å²) >= 11 is 0. The Bertz CT molecular complexity index is 1040. The maximum absolute atomic E-state index is 13.2. The number of hydrogen-bond donors (Lipinski definition) is 2. The van der Waals surface area contributed by atoms with Gasteiger partial charge < -0.3 is 19.8 Å². The molecule has 1 aromatic heterocycles. The Labute approximate surface area is 181 Å². The number of amides is 2. The second-order valence-corrected chi connectivity index (χ2v) is 8.72. The van der Waals surface area contributed by atoms with Crippen LogP contribution in [0.1, 0.15) is 61.3 Å². The first-order chi connectivity index (χ1) is 14.9. The zero-order chi connectivity index (χ0) is 23.3. The fraction of sp³-hybridized carbons (Fsp3) is 0.524. The Morgan fingerprint density at radius 3 is 2.62 bits per heavy atom. The van der Waals surface area contributed by atoms with Gasteiger partial charge in [-0.3, -0.25) is 9.59 Å². The van der Waals surface area contributed by atoms with Crippen LogP contribution in [0, 0.1) is 0 Å². The van der Waals surface area contributed by atoms with Gasteiger partial charge in [-0.2, -0.15) is 18.2 Å². The Kier molecular flexibility index (Phi) is 5.48. The van der Waals surface area contributed by atoms with Gasteiger partial charge in [0.15, 0.2) is 0 Å². The Hall–Kier alpha value is -2.95. The monoisotopic (exact) mass is 452 g/mol. The van der Waals surface area contributed by atoms with Gasteiger partial charge in [0.2, 0.25) is 5.82 Å². The molecule has 1 aromatic carbocycles. The maximum atomic E-state index is 13.2. The van der Waals surface area contributed by atoms with E-state index in [0.29, 0.717) is 24.9 Å². The molecule has 32 heavy (non-hydrogen) atoms. The number of fused-ring (bicyclic) bond motifs is 1. The summed E-state index contributed by atoms with van der Waals surface area (Å²) in [5.74, 6) is -2.47. The van der Waals surface area contributed by atoms with Crippen LogP contribution in [-0.2, 0) is 17.5 Å². The predicted octanol–water partition coefficient (Wildman–Crippen LogP) is 2.91. The van der Waals surface area contributed by atoms with E-state index in [4.69, 9.17) is 0 Å². The topological polar surface area (TPSA) is 109 Å². The van der Waals surface area contributed by atoms with Crippen molar-refractivity contribution in [1.82, 2.24) is 20.4 Å². The molecule has 1 aliphatic carbocycles. The quantitative estimate of drug-likeness (QED) is 0.739. The van der Waals surface area contributed by atoms with Crippen LogP contribution < -0.4 is 5.32 Å². The number of alkyl halides is 3. The number of aliphatic hydroxyl groups is 1. The summed E-state index contributed by atoms with van der Waals surface area (Å²) in [5.41, 5.74) is -0.196. The van der Waals surface area contributed by atoms with E-state index in [1.54, 1.807) is 17.0 Å². The maximum Gasteiger partial charge on any atom is 0.471 e. The summed E-state index contributed by atoms with van der Waals surface area (Å²) in [7, 11) is 0. The highest BCUT2D eigenvalue weighted by molar-refractivity contribution is 5.99. The lowest BCUT2D eigenvalue weighted by molar-refractivity contribution is -0.159. The molecule has 0 bridgehead atoms. The molecule has 0 spiro atoms. The van der Waals surface area contributed by atoms with Crippen LogP contribution in [0.5, 0.6) is 0 Å². The van der Waals surface area contributed by atoms with Crippen molar-refractivity contribution in [2.45, 2.75) is 69.9 Å². The smallest absolute Gasteiger partial charge is 0.381 e. The van der Waals surface area contributed by atoms with Crippen LogP contribution in [0.15, 0.2) is 22.7 Å². The molecule has 2 heterocycles. The first-order valence-corrected chi connectivity index (χ1v) is 10.3. The van der Waals surface area contributed by atoms with Gasteiger partial charge in [0, 0.05) is 23.7 Å². The number of carbonyl (C=O) groups excluding carboxylic acids is 2. The Morgan fingerprint density at radius 2 is 1.97 bits per heavy atom. The molecule has 11 heteroatoms. The molecule has 1 saturated carbocycles. The lowest BCUT2D eigenvalue weighted by atomic mass is 9.88. The van der Waals surface area contributed by atoms with Crippen molar-refractivity contribution in [2.75, 3.05) is 0 Å². The highest BCUT2D eigenvalue weighted by Crippen LogP contribution is 2.34. The Balaban J connectivity index is 1.56. The van der Waals surface area contributed by atoms with Crippen molar-refractivity contribution >= 4 is 11.8 Å². The number of hydrogen-bond acceptors (Lipinski definition) is 6. The molecular formula is C21H23F3N4O4. The molecule has 0 saturated heterocycles. The second-order valence-electron chi connectivity index (χ2n) is 8.72. The summed E-state index contributed by atoms with van der Waals surface area (Å²) in [4.78, 5) is 30.6. The number of nitrogens with zero attached hydrogens (tertiary/aromatic N) is 3. The molecule has 4 rings (SSSR count). The van der Waals surface area contributed by atoms with Gasteiger partial charge in [-0.25, -0.2) is 0 Å². The first kappa shape index (κ1) is 22.3. The van der Waals surface area contributed by atoms with E-state index in [0.717, 1.165) is 18.4 Å². The van der Waals surface area contributed by atoms with Gasteiger partial charge in [0.25, 0.3) is 11.8 Å². The van der Waals surface area contributed by atoms with Crippen molar-refractivity contribution in [3.8, 4) is 11.4 Å². The summed E-state index contributed by atoms with van der Waals surface area (Å²) in [6.07, 6.45) is -1.58. The summed E-state index contributed by atoms with van der Waals surface area (Å²) in [5, 5.41) is 16.2. The fourth-order valence-corrected chi connectivity index (χ4v) is 4.18. The summed E-state index contributed by atoms with van der Waals surface area (Å²) < 4.78 is 42.5. The third-order valence-corrected chi connectivity index (χ3v) is 5.87. The number of nitrogens with one attached hydrogen (secondary N) is 1. The molecule has 2 aliphatic rings. The molecule has 1 fully saturated rings. The largest absolute Gasteiger partial charge is 0.471 e. The average molecular weight is 452 g/mol. The van der Waals surface area contributed by atoms with E-state index >= 15 is 0 Å². The van der Waals surface area contributed by atoms with E-state index in [9.17, 15) is 27.9 Å². The minimum atomic E-state index is -4.75. The second kappa shape index (κ2) is 7.88. The zero-order valence-electron chi connectivity index (χ0n) is 17.6. The van der Waals surface area contributed by atoms with Crippen molar-refractivity contribution in [3.05, 3.63) is 35.2 Å². The highest BCUT2D eigenvalue weighted by atomic mass is 19.4. The molecule has 0 radical (unpaired) electrons. The lowest BCUT2D eigenvalue weighted by Crippen LogP contribution is -2.56. The third-order valence-electron chi connectivity index (χ3n) is 5.87. The molecule has 2 aromatic rings. The standard InChI is InChI=1S/C21H23F3N4O4/c1-20(2,31)18(30)25-14-5-3-4-6-15(14)28-10-12-8-7-11(9-13(12)17(28)29)16-26-19(32-27-16)21(22,23)24/h7-9,14-15,31H,3-6,10H2,1-2H3,(H,25,30)/t14-,15-/m0/s1. The van der Waals surface area contributed by atoms with Crippen LogP contribution in [0.4, 0.5) is 13.2 Å². The number of benzene rings is 1. The SMILES string of the molecule is CC(C)(O)C(=O)N[C@H]1CCCC[C@@H]1N1Cc2ccc(-c3noc(C(F)(F)F)n3)cc2C1=O. The van der Waals surface area contributed by atoms with Gasteiger partial charge in [0.05, 0.1) is 6.04 Å². The van der Waals surface area contributed by atoms with Crippen LogP contribution in [0.3, 0.4) is 0 Å². The molecule has 1 aliphatic heterocycles. The fourth-order valence-electron chi connectivity index (χ4n) is 4.18. The molecule has 2 amide bonds. The third kappa shape index (κ3) is 4.21. The van der Waals surface area contributed by atoms with Crippen molar-refractivity contribution < 1.29 is 32.4 Å². The van der Waals surface area contributed by atoms with Gasteiger partial charge in [-0.05, 0) is 38.3 Å². The van der Waals surface area contributed by atoms with E-state index in [1.807, 2.05) is 0 Å².